The van der Waals surface area contributed by atoms with Gasteiger partial charge in [-0.1, -0.05) is 0 Å². The molecule has 2 aromatic rings. The monoisotopic (exact) mass is 219 g/mol. The lowest BCUT2D eigenvalue weighted by Gasteiger charge is -1.98. The molecule has 0 radical (unpaired) electrons. The molecule has 0 aliphatic carbocycles. The van der Waals surface area contributed by atoms with E-state index in [9.17, 15) is 10.1 Å². The maximum absolute atomic E-state index is 10.7. The van der Waals surface area contributed by atoms with Crippen LogP contribution in [0.1, 0.15) is 11.3 Å². The molecule has 84 valence electrons. The summed E-state index contributed by atoms with van der Waals surface area (Å²) in [6.45, 7) is 2.36. The predicted octanol–water partition coefficient (Wildman–Crippen LogP) is 1.85. The number of non-ortho nitro benzene ring substituents is 1. The van der Waals surface area contributed by atoms with Gasteiger partial charge in [0.2, 0.25) is 0 Å². The van der Waals surface area contributed by atoms with Crippen LogP contribution in [0.3, 0.4) is 0 Å². The Balaban J connectivity index is 2.81. The van der Waals surface area contributed by atoms with E-state index in [1.54, 1.807) is 12.1 Å². The molecule has 0 amide bonds. The van der Waals surface area contributed by atoms with Crippen LogP contribution in [-0.2, 0) is 13.6 Å². The highest BCUT2D eigenvalue weighted by molar-refractivity contribution is 5.87. The molecule has 0 atom stereocenters. The van der Waals surface area contributed by atoms with Crippen molar-refractivity contribution in [2.24, 2.45) is 12.8 Å². The van der Waals surface area contributed by atoms with Crippen molar-refractivity contribution in [1.29, 1.82) is 0 Å². The third kappa shape index (κ3) is 1.37. The number of nitrogens with zero attached hydrogens (tertiary/aromatic N) is 2. The smallest absolute Gasteiger partial charge is 0.270 e. The van der Waals surface area contributed by atoms with Gasteiger partial charge in [-0.3, -0.25) is 10.1 Å². The first-order chi connectivity index (χ1) is 7.56. The number of nitro benzene ring substituents is 1. The molecule has 1 heterocycles. The second-order valence-electron chi connectivity index (χ2n) is 3.79. The minimum Gasteiger partial charge on any atom is -0.348 e. The maximum Gasteiger partial charge on any atom is 0.270 e. The molecule has 0 saturated heterocycles. The van der Waals surface area contributed by atoms with Crippen molar-refractivity contribution < 1.29 is 4.92 Å². The normalized spacial score (nSPS) is 10.9. The van der Waals surface area contributed by atoms with Gasteiger partial charge in [0.05, 0.1) is 4.92 Å². The predicted molar refractivity (Wildman–Crippen MR) is 62.2 cm³/mol. The number of aromatic nitrogens is 1. The van der Waals surface area contributed by atoms with Crippen LogP contribution in [0.2, 0.25) is 0 Å². The molecule has 0 fully saturated rings. The Hall–Kier alpha value is -1.88. The molecule has 0 aliphatic rings. The fourth-order valence-corrected chi connectivity index (χ4v) is 2.01. The molecule has 5 heteroatoms. The summed E-state index contributed by atoms with van der Waals surface area (Å²) in [4.78, 5) is 10.3. The Bertz CT molecular complexity index is 572. The van der Waals surface area contributed by atoms with Crippen molar-refractivity contribution in [3.63, 3.8) is 0 Å². The quantitative estimate of drug-likeness (QED) is 0.618. The summed E-state index contributed by atoms with van der Waals surface area (Å²) < 4.78 is 2.00. The van der Waals surface area contributed by atoms with E-state index < -0.39 is 0 Å². The van der Waals surface area contributed by atoms with Crippen LogP contribution >= 0.6 is 0 Å². The summed E-state index contributed by atoms with van der Waals surface area (Å²) in [5, 5.41) is 11.6. The lowest BCUT2D eigenvalue weighted by atomic mass is 10.1. The maximum atomic E-state index is 10.7. The van der Waals surface area contributed by atoms with Gasteiger partial charge in [0.15, 0.2) is 0 Å². The number of aryl methyl sites for hydroxylation is 1. The van der Waals surface area contributed by atoms with Gasteiger partial charge in [-0.05, 0) is 18.6 Å². The Morgan fingerprint density at radius 2 is 2.19 bits per heavy atom. The molecule has 0 saturated carbocycles. The number of hydrogen-bond acceptors (Lipinski definition) is 3. The number of nitrogens with two attached hydrogens (primary N) is 1. The molecule has 16 heavy (non-hydrogen) atoms. The van der Waals surface area contributed by atoms with Crippen LogP contribution in [0.5, 0.6) is 0 Å². The van der Waals surface area contributed by atoms with Crippen molar-refractivity contribution in [3.8, 4) is 0 Å². The van der Waals surface area contributed by atoms with E-state index in [2.05, 4.69) is 0 Å². The standard InChI is InChI=1S/C11H13N3O2/c1-7-10(6-12)9-5-8(14(15)16)3-4-11(9)13(7)2/h3-5H,6,12H2,1-2H3. The van der Waals surface area contributed by atoms with Crippen molar-refractivity contribution >= 4 is 16.6 Å². The third-order valence-corrected chi connectivity index (χ3v) is 3.02. The van der Waals surface area contributed by atoms with E-state index in [1.165, 1.54) is 6.07 Å². The van der Waals surface area contributed by atoms with Crippen LogP contribution in [0, 0.1) is 17.0 Å². The van der Waals surface area contributed by atoms with Gasteiger partial charge in [-0.25, -0.2) is 0 Å². The average molecular weight is 219 g/mol. The fraction of sp³-hybridized carbons (Fsp3) is 0.273. The summed E-state index contributed by atoms with van der Waals surface area (Å²) in [6.07, 6.45) is 0. The lowest BCUT2D eigenvalue weighted by Crippen LogP contribution is -1.99. The zero-order valence-corrected chi connectivity index (χ0v) is 9.23. The molecular weight excluding hydrogens is 206 g/mol. The van der Waals surface area contributed by atoms with Crippen LogP contribution in [0.15, 0.2) is 18.2 Å². The molecule has 1 aromatic heterocycles. The Morgan fingerprint density at radius 3 is 2.75 bits per heavy atom. The van der Waals surface area contributed by atoms with Crippen LogP contribution in [-0.4, -0.2) is 9.49 Å². The van der Waals surface area contributed by atoms with Crippen molar-refractivity contribution in [2.45, 2.75) is 13.5 Å². The minimum atomic E-state index is -0.387. The number of hydrogen-bond donors (Lipinski definition) is 1. The van der Waals surface area contributed by atoms with Crippen LogP contribution in [0.25, 0.3) is 10.9 Å². The first-order valence-corrected chi connectivity index (χ1v) is 4.98. The highest BCUT2D eigenvalue weighted by Gasteiger charge is 2.14. The molecule has 1 aromatic carbocycles. The Morgan fingerprint density at radius 1 is 1.50 bits per heavy atom. The molecular formula is C11H13N3O2. The van der Waals surface area contributed by atoms with E-state index >= 15 is 0 Å². The minimum absolute atomic E-state index is 0.104. The number of nitro groups is 1. The Labute approximate surface area is 92.6 Å². The second kappa shape index (κ2) is 3.61. The van der Waals surface area contributed by atoms with Gasteiger partial charge >= 0.3 is 0 Å². The van der Waals surface area contributed by atoms with Crippen LogP contribution in [0.4, 0.5) is 5.69 Å². The molecule has 5 nitrogen and oxygen atoms in total. The molecule has 2 N–H and O–H groups in total. The average Bonchev–Trinajstić information content (AvgIpc) is 2.51. The first-order valence-electron chi connectivity index (χ1n) is 4.98. The largest absolute Gasteiger partial charge is 0.348 e. The van der Waals surface area contributed by atoms with Gasteiger partial charge in [0.25, 0.3) is 5.69 Å². The number of rotatable bonds is 2. The summed E-state index contributed by atoms with van der Waals surface area (Å²) in [5.41, 5.74) is 8.78. The highest BCUT2D eigenvalue weighted by Crippen LogP contribution is 2.27. The van der Waals surface area contributed by atoms with Crippen molar-refractivity contribution in [1.82, 2.24) is 4.57 Å². The number of fused-ring (bicyclic) bond motifs is 1. The molecule has 2 rings (SSSR count). The van der Waals surface area contributed by atoms with Gasteiger partial charge in [-0.2, -0.15) is 0 Å². The zero-order chi connectivity index (χ0) is 11.9. The third-order valence-electron chi connectivity index (χ3n) is 3.02. The van der Waals surface area contributed by atoms with Gasteiger partial charge in [-0.15, -0.1) is 0 Å². The molecule has 0 unspecified atom stereocenters. The molecule has 0 bridgehead atoms. The van der Waals surface area contributed by atoms with Gasteiger partial charge in [0.1, 0.15) is 0 Å². The first kappa shape index (κ1) is 10.6. The van der Waals surface area contributed by atoms with Crippen molar-refractivity contribution in [3.05, 3.63) is 39.6 Å². The van der Waals surface area contributed by atoms with Gasteiger partial charge in [0, 0.05) is 42.3 Å². The van der Waals surface area contributed by atoms with E-state index in [1.807, 2.05) is 18.5 Å². The topological polar surface area (TPSA) is 74.1 Å². The lowest BCUT2D eigenvalue weighted by molar-refractivity contribution is -0.384. The number of benzene rings is 1. The molecule has 0 spiro atoms. The summed E-state index contributed by atoms with van der Waals surface area (Å²) in [7, 11) is 1.93. The highest BCUT2D eigenvalue weighted by atomic mass is 16.6. The van der Waals surface area contributed by atoms with E-state index in [-0.39, 0.29) is 10.6 Å². The molecule has 0 aliphatic heterocycles. The van der Waals surface area contributed by atoms with Crippen LogP contribution < -0.4 is 5.73 Å². The second-order valence-corrected chi connectivity index (χ2v) is 3.79. The summed E-state index contributed by atoms with van der Waals surface area (Å²) >= 11 is 0. The SMILES string of the molecule is Cc1c(CN)c2cc([N+](=O)[O-])ccc2n1C. The van der Waals surface area contributed by atoms with Crippen molar-refractivity contribution in [2.75, 3.05) is 0 Å². The van der Waals surface area contributed by atoms with E-state index in [4.69, 9.17) is 5.73 Å². The van der Waals surface area contributed by atoms with Gasteiger partial charge < -0.3 is 10.3 Å². The fourth-order valence-electron chi connectivity index (χ4n) is 2.01. The van der Waals surface area contributed by atoms with E-state index in [0.29, 0.717) is 6.54 Å². The summed E-state index contributed by atoms with van der Waals surface area (Å²) in [5.74, 6) is 0. The Kier molecular flexibility index (Phi) is 2.40. The zero-order valence-electron chi connectivity index (χ0n) is 9.23. The summed E-state index contributed by atoms with van der Waals surface area (Å²) in [6, 6.07) is 4.87. The van der Waals surface area contributed by atoms with E-state index in [0.717, 1.165) is 22.2 Å².